The number of imidazole rings is 1. The molecule has 1 aliphatic carbocycles. The van der Waals surface area contributed by atoms with Gasteiger partial charge in [-0.25, -0.2) is 4.98 Å². The highest BCUT2D eigenvalue weighted by atomic mass is 16.2. The van der Waals surface area contributed by atoms with Gasteiger partial charge in [-0.05, 0) is 73.6 Å². The molecule has 5 rings (SSSR count). The van der Waals surface area contributed by atoms with E-state index >= 15 is 0 Å². The summed E-state index contributed by atoms with van der Waals surface area (Å²) in [5.41, 5.74) is 10.5. The molecule has 0 atom stereocenters. The maximum absolute atomic E-state index is 13.7. The number of rotatable bonds is 4. The maximum Gasteiger partial charge on any atom is 0.254 e. The lowest BCUT2D eigenvalue weighted by Gasteiger charge is -2.33. The third-order valence-electron chi connectivity index (χ3n) is 8.02. The summed E-state index contributed by atoms with van der Waals surface area (Å²) in [6.45, 7) is 10.5. The maximum atomic E-state index is 13.7. The molecule has 2 aromatic rings. The van der Waals surface area contributed by atoms with Gasteiger partial charge in [0.2, 0.25) is 5.91 Å². The van der Waals surface area contributed by atoms with E-state index in [-0.39, 0.29) is 17.7 Å². The lowest BCUT2D eigenvalue weighted by Crippen LogP contribution is -2.39. The van der Waals surface area contributed by atoms with E-state index in [0.717, 1.165) is 58.7 Å². The Labute approximate surface area is 230 Å². The first-order valence-electron chi connectivity index (χ1n) is 13.8. The second kappa shape index (κ2) is 10.9. The van der Waals surface area contributed by atoms with E-state index < -0.39 is 0 Å². The average Bonchev–Trinajstić information content (AvgIpc) is 3.20. The van der Waals surface area contributed by atoms with E-state index in [0.29, 0.717) is 43.2 Å². The quantitative estimate of drug-likeness (QED) is 0.561. The van der Waals surface area contributed by atoms with Crippen molar-refractivity contribution < 1.29 is 9.59 Å². The number of nitriles is 1. The van der Waals surface area contributed by atoms with Gasteiger partial charge < -0.3 is 14.8 Å². The van der Waals surface area contributed by atoms with E-state index in [1.807, 2.05) is 61.8 Å². The molecular formula is C32H35N5O2. The number of likely N-dealkylation sites (tertiary alicyclic amines) is 1. The van der Waals surface area contributed by atoms with Crippen LogP contribution in [0, 0.1) is 37.0 Å². The molecule has 7 nitrogen and oxygen atoms in total. The highest BCUT2D eigenvalue weighted by Gasteiger charge is 2.28. The SMILES string of the molecule is Cc1cc(C)c(-c2nc3c([nH]2)CN(C(=O)C(C)C)CC3)cc1C(=O)N1CCC(C2=CC=C(C#N)C=C=C2)CC1. The Bertz CT molecular complexity index is 1480. The van der Waals surface area contributed by atoms with Gasteiger partial charge in [0.1, 0.15) is 5.82 Å². The molecule has 1 aromatic carbocycles. The molecule has 3 aliphatic rings. The number of H-pyrrole nitrogens is 1. The Morgan fingerprint density at radius 1 is 1.08 bits per heavy atom. The molecule has 2 aliphatic heterocycles. The number of aryl methyl sites for hydroxylation is 2. The van der Waals surface area contributed by atoms with Crippen molar-refractivity contribution in [3.8, 4) is 17.5 Å². The van der Waals surface area contributed by atoms with Crippen molar-refractivity contribution in [3.05, 3.63) is 81.4 Å². The summed E-state index contributed by atoms with van der Waals surface area (Å²) in [6.07, 6.45) is 9.99. The number of aromatic amines is 1. The molecular weight excluding hydrogens is 486 g/mol. The number of fused-ring (bicyclic) bond motifs is 1. The molecule has 0 bridgehead atoms. The number of nitrogens with zero attached hydrogens (tertiary/aromatic N) is 4. The van der Waals surface area contributed by atoms with E-state index in [1.54, 1.807) is 6.08 Å². The number of hydrogen-bond donors (Lipinski definition) is 1. The summed E-state index contributed by atoms with van der Waals surface area (Å²) < 4.78 is 0. The van der Waals surface area contributed by atoms with Crippen LogP contribution >= 0.6 is 0 Å². The fraction of sp³-hybridized carbons (Fsp3) is 0.406. The third kappa shape index (κ3) is 5.39. The zero-order valence-electron chi connectivity index (χ0n) is 23.2. The van der Waals surface area contributed by atoms with Gasteiger partial charge in [-0.1, -0.05) is 26.0 Å². The standard InChI is InChI=1S/C32H35N5O2/c1-20(2)31(38)37-15-12-28-29(19-37)35-30(34-28)26-17-27(22(4)16-21(26)3)32(39)36-13-10-25(11-14-36)24-7-5-6-23(18-33)8-9-24/h6-9,16-17,20,25H,10-15,19H2,1-4H3,(H,34,35). The van der Waals surface area contributed by atoms with Crippen LogP contribution in [0.15, 0.2) is 53.3 Å². The number of aromatic nitrogens is 2. The lowest BCUT2D eigenvalue weighted by atomic mass is 9.88. The van der Waals surface area contributed by atoms with Gasteiger partial charge in [-0.2, -0.15) is 5.26 Å². The molecule has 0 spiro atoms. The Morgan fingerprint density at radius 3 is 2.56 bits per heavy atom. The Kier molecular flexibility index (Phi) is 7.41. The molecule has 200 valence electrons. The largest absolute Gasteiger partial charge is 0.340 e. The first kappa shape index (κ1) is 26.5. The number of piperidine rings is 1. The van der Waals surface area contributed by atoms with Crippen LogP contribution in [0.25, 0.3) is 11.4 Å². The number of allylic oxidation sites excluding steroid dienone is 5. The molecule has 0 saturated carbocycles. The number of hydrogen-bond acceptors (Lipinski definition) is 4. The summed E-state index contributed by atoms with van der Waals surface area (Å²) >= 11 is 0. The summed E-state index contributed by atoms with van der Waals surface area (Å²) in [6, 6.07) is 6.21. The van der Waals surface area contributed by atoms with Crippen LogP contribution in [-0.2, 0) is 17.8 Å². The highest BCUT2D eigenvalue weighted by molar-refractivity contribution is 5.97. The summed E-state index contributed by atoms with van der Waals surface area (Å²) in [7, 11) is 0. The van der Waals surface area contributed by atoms with E-state index in [9.17, 15) is 9.59 Å². The summed E-state index contributed by atoms with van der Waals surface area (Å²) in [4.78, 5) is 38.4. The van der Waals surface area contributed by atoms with Crippen LogP contribution in [0.4, 0.5) is 0 Å². The zero-order chi connectivity index (χ0) is 27.7. The van der Waals surface area contributed by atoms with Gasteiger partial charge in [-0.3, -0.25) is 9.59 Å². The van der Waals surface area contributed by atoms with Crippen molar-refractivity contribution in [2.45, 2.75) is 53.5 Å². The van der Waals surface area contributed by atoms with E-state index in [2.05, 4.69) is 22.9 Å². The fourth-order valence-corrected chi connectivity index (χ4v) is 5.73. The van der Waals surface area contributed by atoms with Gasteiger partial charge in [-0.15, -0.1) is 5.73 Å². The Balaban J connectivity index is 1.32. The van der Waals surface area contributed by atoms with Gasteiger partial charge in [0, 0.05) is 43.1 Å². The van der Waals surface area contributed by atoms with Crippen LogP contribution < -0.4 is 0 Å². The second-order valence-electron chi connectivity index (χ2n) is 11.1. The van der Waals surface area contributed by atoms with Crippen molar-refractivity contribution in [1.82, 2.24) is 19.8 Å². The first-order valence-corrected chi connectivity index (χ1v) is 13.8. The molecule has 1 saturated heterocycles. The highest BCUT2D eigenvalue weighted by Crippen LogP contribution is 2.31. The number of amides is 2. The second-order valence-corrected chi connectivity index (χ2v) is 11.1. The minimum atomic E-state index is -0.0302. The smallest absolute Gasteiger partial charge is 0.254 e. The average molecular weight is 522 g/mol. The Morgan fingerprint density at radius 2 is 1.85 bits per heavy atom. The molecule has 0 radical (unpaired) electrons. The normalized spacial score (nSPS) is 17.4. The van der Waals surface area contributed by atoms with Gasteiger partial charge in [0.05, 0.1) is 29.6 Å². The van der Waals surface area contributed by atoms with Gasteiger partial charge in [0.15, 0.2) is 0 Å². The van der Waals surface area contributed by atoms with Gasteiger partial charge >= 0.3 is 0 Å². The van der Waals surface area contributed by atoms with Crippen LogP contribution in [0.5, 0.6) is 0 Å². The summed E-state index contributed by atoms with van der Waals surface area (Å²) in [5, 5.41) is 9.14. The molecule has 2 amide bonds. The molecule has 1 N–H and O–H groups in total. The predicted molar refractivity (Wildman–Crippen MR) is 151 cm³/mol. The minimum absolute atomic E-state index is 0.0302. The van der Waals surface area contributed by atoms with Crippen LogP contribution in [0.1, 0.15) is 59.6 Å². The van der Waals surface area contributed by atoms with Crippen molar-refractivity contribution in [1.29, 1.82) is 5.26 Å². The van der Waals surface area contributed by atoms with Crippen molar-refractivity contribution in [2.24, 2.45) is 11.8 Å². The zero-order valence-corrected chi connectivity index (χ0v) is 23.2. The van der Waals surface area contributed by atoms with Crippen LogP contribution in [-0.4, -0.2) is 51.2 Å². The molecule has 1 aromatic heterocycles. The molecule has 3 heterocycles. The molecule has 39 heavy (non-hydrogen) atoms. The predicted octanol–water partition coefficient (Wildman–Crippen LogP) is 5.19. The van der Waals surface area contributed by atoms with E-state index in [4.69, 9.17) is 10.2 Å². The van der Waals surface area contributed by atoms with E-state index in [1.165, 1.54) is 0 Å². The van der Waals surface area contributed by atoms with Gasteiger partial charge in [0.25, 0.3) is 5.91 Å². The molecule has 1 fully saturated rings. The number of carbonyl (C=O) groups is 2. The fourth-order valence-electron chi connectivity index (χ4n) is 5.73. The number of carbonyl (C=O) groups excluding carboxylic acids is 2. The first-order chi connectivity index (χ1) is 18.7. The van der Waals surface area contributed by atoms with Crippen LogP contribution in [0.3, 0.4) is 0 Å². The third-order valence-corrected chi connectivity index (χ3v) is 8.02. The topological polar surface area (TPSA) is 93.1 Å². The lowest BCUT2D eigenvalue weighted by molar-refractivity contribution is -0.135. The number of nitrogens with one attached hydrogen (secondary N) is 1. The van der Waals surface area contributed by atoms with Crippen molar-refractivity contribution in [2.75, 3.05) is 19.6 Å². The van der Waals surface area contributed by atoms with Crippen LogP contribution in [0.2, 0.25) is 0 Å². The summed E-state index contributed by atoms with van der Waals surface area (Å²) in [5.74, 6) is 1.28. The number of benzene rings is 1. The Hall–Kier alpha value is -4.14. The van der Waals surface area contributed by atoms with Crippen molar-refractivity contribution in [3.63, 3.8) is 0 Å². The minimum Gasteiger partial charge on any atom is -0.340 e. The monoisotopic (exact) mass is 521 g/mol. The molecule has 0 unspecified atom stereocenters. The van der Waals surface area contributed by atoms with Crippen molar-refractivity contribution >= 4 is 11.8 Å². The molecule has 7 heteroatoms.